The summed E-state index contributed by atoms with van der Waals surface area (Å²) in [6, 6.07) is 10.2. The standard InChI is InChI=1S/C18H27N5.HI/c1-4-22(5-2)18(19)20-13-9-10-16-14-23(21-15(16)3)17-11-7-6-8-12-17;/h6-8,11-12,14H,4-5,9-10,13H2,1-3H3,(H2,19,20);1H. The summed E-state index contributed by atoms with van der Waals surface area (Å²) in [5, 5.41) is 4.60. The Morgan fingerprint density at radius 1 is 1.21 bits per heavy atom. The number of aromatic nitrogens is 2. The zero-order chi connectivity index (χ0) is 16.7. The SMILES string of the molecule is CCN(CC)C(N)=NCCCc1cn(-c2ccccc2)nc1C.I. The van der Waals surface area contributed by atoms with E-state index in [4.69, 9.17) is 5.73 Å². The van der Waals surface area contributed by atoms with Gasteiger partial charge in [-0.25, -0.2) is 4.68 Å². The monoisotopic (exact) mass is 441 g/mol. The van der Waals surface area contributed by atoms with Crippen molar-refractivity contribution >= 4 is 29.9 Å². The number of hydrogen-bond acceptors (Lipinski definition) is 2. The zero-order valence-electron chi connectivity index (χ0n) is 14.8. The van der Waals surface area contributed by atoms with Crippen molar-refractivity contribution in [1.29, 1.82) is 0 Å². The molecule has 0 atom stereocenters. The van der Waals surface area contributed by atoms with Crippen molar-refractivity contribution in [3.63, 3.8) is 0 Å². The van der Waals surface area contributed by atoms with Crippen LogP contribution in [0.2, 0.25) is 0 Å². The van der Waals surface area contributed by atoms with Gasteiger partial charge in [-0.2, -0.15) is 5.10 Å². The maximum Gasteiger partial charge on any atom is 0.191 e. The van der Waals surface area contributed by atoms with Crippen LogP contribution in [0.3, 0.4) is 0 Å². The second kappa shape index (κ2) is 10.3. The van der Waals surface area contributed by atoms with E-state index in [9.17, 15) is 0 Å². The molecule has 0 unspecified atom stereocenters. The summed E-state index contributed by atoms with van der Waals surface area (Å²) in [6.07, 6.45) is 4.05. The van der Waals surface area contributed by atoms with Crippen molar-refractivity contribution in [2.45, 2.75) is 33.6 Å². The number of halogens is 1. The van der Waals surface area contributed by atoms with Crippen molar-refractivity contribution in [3.05, 3.63) is 47.8 Å². The Morgan fingerprint density at radius 3 is 2.50 bits per heavy atom. The average molecular weight is 441 g/mol. The minimum Gasteiger partial charge on any atom is -0.370 e. The largest absolute Gasteiger partial charge is 0.370 e. The third kappa shape index (κ3) is 5.51. The van der Waals surface area contributed by atoms with E-state index >= 15 is 0 Å². The molecule has 1 aromatic heterocycles. The van der Waals surface area contributed by atoms with Gasteiger partial charge in [0.05, 0.1) is 11.4 Å². The Balaban J connectivity index is 0.00000288. The lowest BCUT2D eigenvalue weighted by Crippen LogP contribution is -2.37. The first kappa shape index (κ1) is 20.5. The van der Waals surface area contributed by atoms with Gasteiger partial charge < -0.3 is 10.6 Å². The van der Waals surface area contributed by atoms with E-state index in [1.54, 1.807) is 0 Å². The van der Waals surface area contributed by atoms with E-state index < -0.39 is 0 Å². The fourth-order valence-electron chi connectivity index (χ4n) is 2.56. The maximum absolute atomic E-state index is 5.99. The zero-order valence-corrected chi connectivity index (χ0v) is 17.1. The number of hydrogen-bond donors (Lipinski definition) is 1. The molecule has 5 nitrogen and oxygen atoms in total. The summed E-state index contributed by atoms with van der Waals surface area (Å²) in [6.45, 7) is 8.78. The average Bonchev–Trinajstić information content (AvgIpc) is 2.94. The Labute approximate surface area is 162 Å². The Morgan fingerprint density at radius 2 is 1.88 bits per heavy atom. The molecular weight excluding hydrogens is 413 g/mol. The molecule has 24 heavy (non-hydrogen) atoms. The lowest BCUT2D eigenvalue weighted by Gasteiger charge is -2.19. The first-order valence-electron chi connectivity index (χ1n) is 8.31. The molecule has 0 aliphatic rings. The predicted molar refractivity (Wildman–Crippen MR) is 111 cm³/mol. The molecule has 2 N–H and O–H groups in total. The third-order valence-corrected chi connectivity index (χ3v) is 3.99. The van der Waals surface area contributed by atoms with Gasteiger partial charge in [0.1, 0.15) is 0 Å². The van der Waals surface area contributed by atoms with Gasteiger partial charge in [-0.15, -0.1) is 24.0 Å². The van der Waals surface area contributed by atoms with Crippen LogP contribution in [0.15, 0.2) is 41.5 Å². The fraction of sp³-hybridized carbons (Fsp3) is 0.444. The molecule has 0 spiro atoms. The molecule has 0 aliphatic carbocycles. The van der Waals surface area contributed by atoms with Crippen molar-refractivity contribution in [1.82, 2.24) is 14.7 Å². The lowest BCUT2D eigenvalue weighted by atomic mass is 10.1. The van der Waals surface area contributed by atoms with E-state index in [-0.39, 0.29) is 24.0 Å². The topological polar surface area (TPSA) is 59.4 Å². The highest BCUT2D eigenvalue weighted by atomic mass is 127. The number of nitrogens with two attached hydrogens (primary N) is 1. The van der Waals surface area contributed by atoms with Crippen LogP contribution in [0.4, 0.5) is 0 Å². The third-order valence-electron chi connectivity index (χ3n) is 3.99. The molecule has 1 heterocycles. The fourth-order valence-corrected chi connectivity index (χ4v) is 2.56. The number of aryl methyl sites for hydroxylation is 2. The van der Waals surface area contributed by atoms with Crippen molar-refractivity contribution in [3.8, 4) is 5.69 Å². The Hall–Kier alpha value is -1.57. The number of benzene rings is 1. The van der Waals surface area contributed by atoms with Crippen molar-refractivity contribution in [2.24, 2.45) is 10.7 Å². The summed E-state index contributed by atoms with van der Waals surface area (Å²) >= 11 is 0. The van der Waals surface area contributed by atoms with Gasteiger partial charge in [0.2, 0.25) is 0 Å². The number of nitrogens with zero attached hydrogens (tertiary/aromatic N) is 4. The van der Waals surface area contributed by atoms with E-state index in [1.807, 2.05) is 22.9 Å². The van der Waals surface area contributed by atoms with E-state index in [0.717, 1.165) is 43.9 Å². The molecule has 1 aromatic carbocycles. The number of guanidine groups is 1. The molecule has 132 valence electrons. The smallest absolute Gasteiger partial charge is 0.191 e. The Bertz CT molecular complexity index is 632. The van der Waals surface area contributed by atoms with Crippen molar-refractivity contribution < 1.29 is 0 Å². The minimum absolute atomic E-state index is 0. The van der Waals surface area contributed by atoms with Crippen LogP contribution in [0.1, 0.15) is 31.5 Å². The molecule has 0 saturated carbocycles. The van der Waals surface area contributed by atoms with Crippen LogP contribution in [-0.4, -0.2) is 40.3 Å². The van der Waals surface area contributed by atoms with Gasteiger partial charge in [-0.3, -0.25) is 4.99 Å². The van der Waals surface area contributed by atoms with Gasteiger partial charge in [0.25, 0.3) is 0 Å². The highest BCUT2D eigenvalue weighted by Crippen LogP contribution is 2.13. The van der Waals surface area contributed by atoms with Crippen molar-refractivity contribution in [2.75, 3.05) is 19.6 Å². The number of rotatable bonds is 7. The second-order valence-corrected chi connectivity index (χ2v) is 5.54. The molecule has 0 bridgehead atoms. The van der Waals surface area contributed by atoms with E-state index in [2.05, 4.69) is 54.1 Å². The van der Waals surface area contributed by atoms with Gasteiger partial charge in [0.15, 0.2) is 5.96 Å². The highest BCUT2D eigenvalue weighted by Gasteiger charge is 2.06. The van der Waals surface area contributed by atoms with Gasteiger partial charge in [0, 0.05) is 25.8 Å². The van der Waals surface area contributed by atoms with Gasteiger partial charge >= 0.3 is 0 Å². The summed E-state index contributed by atoms with van der Waals surface area (Å²) in [4.78, 5) is 6.54. The molecule has 2 rings (SSSR count). The predicted octanol–water partition coefficient (Wildman–Crippen LogP) is 3.39. The van der Waals surface area contributed by atoms with Crippen LogP contribution in [0, 0.1) is 6.92 Å². The maximum atomic E-state index is 5.99. The molecule has 2 aromatic rings. The Kier molecular flexibility index (Phi) is 8.81. The van der Waals surface area contributed by atoms with Crippen LogP contribution >= 0.6 is 24.0 Å². The normalized spacial score (nSPS) is 11.2. The van der Waals surface area contributed by atoms with Gasteiger partial charge in [-0.05, 0) is 51.3 Å². The van der Waals surface area contributed by atoms with Crippen LogP contribution in [0.5, 0.6) is 0 Å². The quantitative estimate of drug-likeness (QED) is 0.310. The summed E-state index contributed by atoms with van der Waals surface area (Å²) in [5.74, 6) is 0.645. The van der Waals surface area contributed by atoms with E-state index in [1.165, 1.54) is 5.56 Å². The van der Waals surface area contributed by atoms with Gasteiger partial charge in [-0.1, -0.05) is 18.2 Å². The first-order chi connectivity index (χ1) is 11.2. The number of para-hydroxylation sites is 1. The summed E-state index contributed by atoms with van der Waals surface area (Å²) < 4.78 is 1.94. The van der Waals surface area contributed by atoms with E-state index in [0.29, 0.717) is 5.96 Å². The first-order valence-corrected chi connectivity index (χ1v) is 8.31. The highest BCUT2D eigenvalue weighted by molar-refractivity contribution is 14.0. The van der Waals surface area contributed by atoms with Crippen LogP contribution < -0.4 is 5.73 Å². The molecular formula is C18H28IN5. The molecule has 0 amide bonds. The molecule has 0 radical (unpaired) electrons. The molecule has 0 fully saturated rings. The summed E-state index contributed by atoms with van der Waals surface area (Å²) in [7, 11) is 0. The summed E-state index contributed by atoms with van der Waals surface area (Å²) in [5.41, 5.74) is 9.42. The molecule has 0 saturated heterocycles. The number of aliphatic imine (C=N–C) groups is 1. The molecule has 6 heteroatoms. The van der Waals surface area contributed by atoms with Crippen LogP contribution in [0.25, 0.3) is 5.69 Å². The lowest BCUT2D eigenvalue weighted by molar-refractivity contribution is 0.458. The molecule has 0 aliphatic heterocycles. The minimum atomic E-state index is 0. The second-order valence-electron chi connectivity index (χ2n) is 5.54. The van der Waals surface area contributed by atoms with Crippen LogP contribution in [-0.2, 0) is 6.42 Å².